The van der Waals surface area contributed by atoms with Crippen LogP contribution in [-0.4, -0.2) is 34.7 Å². The van der Waals surface area contributed by atoms with Crippen molar-refractivity contribution in [1.29, 1.82) is 0 Å². The molecule has 1 amide bonds. The van der Waals surface area contributed by atoms with Crippen molar-refractivity contribution in [2.45, 2.75) is 58.6 Å². The van der Waals surface area contributed by atoms with Gasteiger partial charge in [-0.25, -0.2) is 9.59 Å². The third kappa shape index (κ3) is 9.98. The number of carbonyl (C=O) groups excluding carboxylic acids is 2. The van der Waals surface area contributed by atoms with Gasteiger partial charge in [0.1, 0.15) is 11.6 Å². The summed E-state index contributed by atoms with van der Waals surface area (Å²) in [6.07, 6.45) is 1.86. The summed E-state index contributed by atoms with van der Waals surface area (Å²) < 4.78 is 11.1. The largest absolute Gasteiger partial charge is 0.464 e. The lowest BCUT2D eigenvalue weighted by Crippen LogP contribution is -2.44. The molecule has 112 valence electrons. The van der Waals surface area contributed by atoms with Gasteiger partial charge < -0.3 is 14.8 Å². The Labute approximate surface area is 128 Å². The van der Waals surface area contributed by atoms with Crippen LogP contribution in [0.5, 0.6) is 0 Å². The Balaban J connectivity index is 4.39. The smallest absolute Gasteiger partial charge is 0.408 e. The summed E-state index contributed by atoms with van der Waals surface area (Å²) in [5, 5.41) is 2.58. The maximum Gasteiger partial charge on any atom is 0.408 e. The molecular weight excluding hydrogens is 361 g/mol. The van der Waals surface area contributed by atoms with Crippen molar-refractivity contribution < 1.29 is 19.1 Å². The van der Waals surface area contributed by atoms with E-state index in [0.29, 0.717) is 13.0 Å². The molecule has 6 heteroatoms. The normalized spacial score (nSPS) is 12.7. The zero-order valence-electron chi connectivity index (χ0n) is 12.1. The number of alkyl halides is 1. The molecule has 0 fully saturated rings. The molecule has 0 aliphatic rings. The maximum absolute atomic E-state index is 11.7. The van der Waals surface area contributed by atoms with Crippen molar-refractivity contribution in [3.8, 4) is 0 Å². The molecule has 19 heavy (non-hydrogen) atoms. The highest BCUT2D eigenvalue weighted by atomic mass is 127. The fourth-order valence-electron chi connectivity index (χ4n) is 1.38. The second kappa shape index (κ2) is 9.39. The molecule has 0 heterocycles. The number of carbonyl (C=O) groups is 2. The molecule has 1 N–H and O–H groups in total. The van der Waals surface area contributed by atoms with Crippen LogP contribution in [0, 0.1) is 0 Å². The Morgan fingerprint density at radius 2 is 1.89 bits per heavy atom. The third-order valence-corrected chi connectivity index (χ3v) is 2.90. The highest BCUT2D eigenvalue weighted by molar-refractivity contribution is 14.1. The Kier molecular flexibility index (Phi) is 9.12. The van der Waals surface area contributed by atoms with Crippen molar-refractivity contribution in [3.05, 3.63) is 0 Å². The molecule has 1 atom stereocenters. The molecule has 0 spiro atoms. The van der Waals surface area contributed by atoms with Gasteiger partial charge in [0.2, 0.25) is 0 Å². The van der Waals surface area contributed by atoms with Gasteiger partial charge in [0.05, 0.1) is 6.61 Å². The number of rotatable bonds is 7. The Bertz CT molecular complexity index is 289. The number of hydrogen-bond donors (Lipinski definition) is 1. The zero-order chi connectivity index (χ0) is 14.9. The SMILES string of the molecule is CCOC(=O)C(CCCCI)NC(=O)OC(C)(C)C. The molecular formula is C13H24INO4. The molecule has 0 saturated heterocycles. The quantitative estimate of drug-likeness (QED) is 0.317. The van der Waals surface area contributed by atoms with E-state index in [1.807, 2.05) is 0 Å². The third-order valence-electron chi connectivity index (χ3n) is 2.14. The second-order valence-corrected chi connectivity index (χ2v) is 6.21. The number of alkyl carbamates (subject to hydrolysis) is 1. The van der Waals surface area contributed by atoms with Gasteiger partial charge in [-0.1, -0.05) is 29.0 Å². The van der Waals surface area contributed by atoms with Crippen LogP contribution in [-0.2, 0) is 14.3 Å². The van der Waals surface area contributed by atoms with Gasteiger partial charge >= 0.3 is 12.1 Å². The van der Waals surface area contributed by atoms with E-state index in [-0.39, 0.29) is 0 Å². The predicted molar refractivity (Wildman–Crippen MR) is 82.5 cm³/mol. The average Bonchev–Trinajstić information content (AvgIpc) is 2.25. The Hall–Kier alpha value is -0.530. The molecule has 0 aromatic rings. The van der Waals surface area contributed by atoms with Crippen molar-refractivity contribution >= 4 is 34.7 Å². The fraction of sp³-hybridized carbons (Fsp3) is 0.846. The summed E-state index contributed by atoms with van der Waals surface area (Å²) in [6.45, 7) is 7.39. The van der Waals surface area contributed by atoms with Gasteiger partial charge in [-0.05, 0) is 45.0 Å². The molecule has 0 aliphatic heterocycles. The van der Waals surface area contributed by atoms with Gasteiger partial charge in [0.25, 0.3) is 0 Å². The lowest BCUT2D eigenvalue weighted by atomic mass is 10.1. The van der Waals surface area contributed by atoms with Crippen LogP contribution in [0.2, 0.25) is 0 Å². The van der Waals surface area contributed by atoms with Crippen LogP contribution >= 0.6 is 22.6 Å². The first kappa shape index (κ1) is 18.5. The lowest BCUT2D eigenvalue weighted by molar-refractivity contribution is -0.145. The lowest BCUT2D eigenvalue weighted by Gasteiger charge is -2.22. The maximum atomic E-state index is 11.7. The predicted octanol–water partition coefficient (Wildman–Crippen LogP) is 3.05. The Morgan fingerprint density at radius 1 is 1.26 bits per heavy atom. The Morgan fingerprint density at radius 3 is 2.37 bits per heavy atom. The van der Waals surface area contributed by atoms with Gasteiger partial charge in [-0.15, -0.1) is 0 Å². The van der Waals surface area contributed by atoms with Crippen LogP contribution in [0.25, 0.3) is 0 Å². The first-order valence-corrected chi connectivity index (χ1v) is 8.04. The number of nitrogens with one attached hydrogen (secondary N) is 1. The molecule has 5 nitrogen and oxygen atoms in total. The van der Waals surface area contributed by atoms with E-state index < -0.39 is 23.7 Å². The molecule has 1 unspecified atom stereocenters. The molecule has 0 aromatic carbocycles. The fourth-order valence-corrected chi connectivity index (χ4v) is 1.92. The van der Waals surface area contributed by atoms with E-state index in [4.69, 9.17) is 9.47 Å². The number of halogens is 1. The topological polar surface area (TPSA) is 64.6 Å². The first-order chi connectivity index (χ1) is 8.80. The molecule has 0 saturated carbocycles. The zero-order valence-corrected chi connectivity index (χ0v) is 14.3. The van der Waals surface area contributed by atoms with E-state index >= 15 is 0 Å². The van der Waals surface area contributed by atoms with Crippen LogP contribution < -0.4 is 5.32 Å². The van der Waals surface area contributed by atoms with Crippen molar-refractivity contribution in [3.63, 3.8) is 0 Å². The average molecular weight is 385 g/mol. The van der Waals surface area contributed by atoms with E-state index in [2.05, 4.69) is 27.9 Å². The minimum absolute atomic E-state index is 0.303. The number of unbranched alkanes of at least 4 members (excludes halogenated alkanes) is 1. The van der Waals surface area contributed by atoms with Crippen LogP contribution in [0.3, 0.4) is 0 Å². The number of amides is 1. The molecule has 0 radical (unpaired) electrons. The van der Waals surface area contributed by atoms with Gasteiger partial charge in [0.15, 0.2) is 0 Å². The highest BCUT2D eigenvalue weighted by Gasteiger charge is 2.24. The molecule has 0 rings (SSSR count). The number of hydrogen-bond acceptors (Lipinski definition) is 4. The minimum Gasteiger partial charge on any atom is -0.464 e. The highest BCUT2D eigenvalue weighted by Crippen LogP contribution is 2.09. The summed E-state index contributed by atoms with van der Waals surface area (Å²) in [5.41, 5.74) is -0.578. The minimum atomic E-state index is -0.627. The van der Waals surface area contributed by atoms with Gasteiger partial charge in [0, 0.05) is 0 Å². The number of esters is 1. The van der Waals surface area contributed by atoms with E-state index in [9.17, 15) is 9.59 Å². The molecule has 0 bridgehead atoms. The number of ether oxygens (including phenoxy) is 2. The van der Waals surface area contributed by atoms with Crippen molar-refractivity contribution in [2.24, 2.45) is 0 Å². The van der Waals surface area contributed by atoms with E-state index in [0.717, 1.165) is 17.3 Å². The van der Waals surface area contributed by atoms with Crippen LogP contribution in [0.1, 0.15) is 47.0 Å². The first-order valence-electron chi connectivity index (χ1n) is 6.52. The molecule has 0 aromatic heterocycles. The van der Waals surface area contributed by atoms with Gasteiger partial charge in [-0.3, -0.25) is 0 Å². The van der Waals surface area contributed by atoms with E-state index in [1.54, 1.807) is 27.7 Å². The summed E-state index contributed by atoms with van der Waals surface area (Å²) >= 11 is 2.28. The van der Waals surface area contributed by atoms with E-state index in [1.165, 1.54) is 0 Å². The summed E-state index contributed by atoms with van der Waals surface area (Å²) in [6, 6.07) is -0.627. The second-order valence-electron chi connectivity index (χ2n) is 5.14. The van der Waals surface area contributed by atoms with Crippen LogP contribution in [0.4, 0.5) is 4.79 Å². The monoisotopic (exact) mass is 385 g/mol. The standard InChI is InChI=1S/C13H24INO4/c1-5-18-11(16)10(8-6-7-9-14)15-12(17)19-13(2,3)4/h10H,5-9H2,1-4H3,(H,15,17). The van der Waals surface area contributed by atoms with Crippen LogP contribution in [0.15, 0.2) is 0 Å². The van der Waals surface area contributed by atoms with Crippen molar-refractivity contribution in [2.75, 3.05) is 11.0 Å². The van der Waals surface area contributed by atoms with Gasteiger partial charge in [-0.2, -0.15) is 0 Å². The summed E-state index contributed by atoms with van der Waals surface area (Å²) in [4.78, 5) is 23.4. The summed E-state index contributed by atoms with van der Waals surface area (Å²) in [7, 11) is 0. The molecule has 0 aliphatic carbocycles. The van der Waals surface area contributed by atoms with Crippen molar-refractivity contribution in [1.82, 2.24) is 5.32 Å². The summed E-state index contributed by atoms with van der Waals surface area (Å²) in [5.74, 6) is -0.401.